The first-order valence-corrected chi connectivity index (χ1v) is 6.92. The molecule has 0 atom stereocenters. The molecule has 1 aromatic carbocycles. The van der Waals surface area contributed by atoms with Crippen LogP contribution in [-0.2, 0) is 16.1 Å². The van der Waals surface area contributed by atoms with E-state index in [0.29, 0.717) is 19.6 Å². The van der Waals surface area contributed by atoms with Gasteiger partial charge in [0.15, 0.2) is 0 Å². The molecule has 0 radical (unpaired) electrons. The first-order valence-electron chi connectivity index (χ1n) is 6.92. The van der Waals surface area contributed by atoms with Crippen molar-refractivity contribution < 1.29 is 14.3 Å². The van der Waals surface area contributed by atoms with Crippen molar-refractivity contribution in [3.05, 3.63) is 29.3 Å². The third-order valence-corrected chi connectivity index (χ3v) is 3.12. The molecule has 1 aromatic rings. The van der Waals surface area contributed by atoms with Crippen LogP contribution in [0.15, 0.2) is 18.2 Å². The third kappa shape index (κ3) is 5.21. The van der Waals surface area contributed by atoms with Gasteiger partial charge < -0.3 is 14.8 Å². The van der Waals surface area contributed by atoms with Crippen molar-refractivity contribution in [3.8, 4) is 5.75 Å². The fourth-order valence-corrected chi connectivity index (χ4v) is 2.03. The molecule has 0 unspecified atom stereocenters. The maximum absolute atomic E-state index is 11.5. The number of rotatable bonds is 7. The molecule has 0 amide bonds. The minimum absolute atomic E-state index is 0.170. The summed E-state index contributed by atoms with van der Waals surface area (Å²) in [5, 5.41) is 3.39. The summed E-state index contributed by atoms with van der Waals surface area (Å²) < 4.78 is 10.2. The molecule has 0 aliphatic heterocycles. The minimum Gasteiger partial charge on any atom is -0.496 e. The van der Waals surface area contributed by atoms with E-state index in [4.69, 9.17) is 9.47 Å². The van der Waals surface area contributed by atoms with Crippen LogP contribution in [-0.4, -0.2) is 25.2 Å². The van der Waals surface area contributed by atoms with E-state index in [1.54, 1.807) is 7.11 Å². The van der Waals surface area contributed by atoms with Crippen molar-refractivity contribution in [1.29, 1.82) is 0 Å². The normalized spacial score (nSPS) is 11.2. The Bertz CT molecular complexity index is 455. The maximum Gasteiger partial charge on any atom is 0.307 e. The van der Waals surface area contributed by atoms with Crippen LogP contribution in [0.2, 0.25) is 0 Å². The second kappa shape index (κ2) is 7.29. The second-order valence-electron chi connectivity index (χ2n) is 5.52. The summed E-state index contributed by atoms with van der Waals surface area (Å²) in [6, 6.07) is 6.08. The number of hydrogen-bond acceptors (Lipinski definition) is 4. The van der Waals surface area contributed by atoms with Crippen molar-refractivity contribution in [2.75, 3.05) is 13.7 Å². The first-order chi connectivity index (χ1) is 9.38. The molecule has 0 spiro atoms. The lowest BCUT2D eigenvalue weighted by molar-refractivity contribution is -0.144. The highest BCUT2D eigenvalue weighted by Gasteiger charge is 2.22. The zero-order chi connectivity index (χ0) is 15.2. The maximum atomic E-state index is 11.5. The van der Waals surface area contributed by atoms with Gasteiger partial charge in [0.05, 0.1) is 20.1 Å². The van der Waals surface area contributed by atoms with Crippen LogP contribution < -0.4 is 10.1 Å². The molecule has 0 aromatic heterocycles. The van der Waals surface area contributed by atoms with Crippen LogP contribution in [0.25, 0.3) is 0 Å². The molecule has 0 heterocycles. The molecule has 1 rings (SSSR count). The number of carbonyl (C=O) groups is 1. The zero-order valence-electron chi connectivity index (χ0n) is 13.1. The molecular weight excluding hydrogens is 254 g/mol. The largest absolute Gasteiger partial charge is 0.496 e. The Morgan fingerprint density at radius 1 is 1.35 bits per heavy atom. The summed E-state index contributed by atoms with van der Waals surface area (Å²) in [5.74, 6) is 0.718. The summed E-state index contributed by atoms with van der Waals surface area (Å²) in [6.45, 7) is 8.97. The molecule has 0 bridgehead atoms. The lowest BCUT2D eigenvalue weighted by atomic mass is 10.00. The average Bonchev–Trinajstić information content (AvgIpc) is 2.36. The van der Waals surface area contributed by atoms with Crippen molar-refractivity contribution in [2.24, 2.45) is 0 Å². The minimum atomic E-state index is -0.292. The van der Waals surface area contributed by atoms with Gasteiger partial charge in [0.25, 0.3) is 0 Å². The number of benzene rings is 1. The van der Waals surface area contributed by atoms with Gasteiger partial charge in [0, 0.05) is 12.1 Å². The number of methoxy groups -OCH3 is 1. The molecule has 1 N–H and O–H groups in total. The van der Waals surface area contributed by atoms with Crippen LogP contribution in [0.4, 0.5) is 0 Å². The van der Waals surface area contributed by atoms with E-state index in [0.717, 1.165) is 11.3 Å². The van der Waals surface area contributed by atoms with E-state index in [2.05, 4.69) is 11.4 Å². The topological polar surface area (TPSA) is 47.6 Å². The van der Waals surface area contributed by atoms with Crippen LogP contribution in [0.5, 0.6) is 5.75 Å². The lowest BCUT2D eigenvalue weighted by Crippen LogP contribution is -2.41. The van der Waals surface area contributed by atoms with Crippen molar-refractivity contribution >= 4 is 5.97 Å². The van der Waals surface area contributed by atoms with Gasteiger partial charge in [0.2, 0.25) is 0 Å². The fourth-order valence-electron chi connectivity index (χ4n) is 2.03. The molecule has 20 heavy (non-hydrogen) atoms. The lowest BCUT2D eigenvalue weighted by Gasteiger charge is -2.25. The standard InChI is InChI=1S/C16H25NO3/c1-6-20-15(18)10-16(3,4)17-11-13-7-8-14(19-5)12(2)9-13/h7-9,17H,6,10-11H2,1-5H3. The number of esters is 1. The Hall–Kier alpha value is -1.55. The van der Waals surface area contributed by atoms with Gasteiger partial charge in [-0.05, 0) is 44.9 Å². The third-order valence-electron chi connectivity index (χ3n) is 3.12. The van der Waals surface area contributed by atoms with Crippen LogP contribution >= 0.6 is 0 Å². The molecular formula is C16H25NO3. The van der Waals surface area contributed by atoms with Gasteiger partial charge in [-0.2, -0.15) is 0 Å². The van der Waals surface area contributed by atoms with Gasteiger partial charge in [-0.3, -0.25) is 4.79 Å². The predicted octanol–water partition coefficient (Wildman–Crippen LogP) is 2.83. The van der Waals surface area contributed by atoms with Gasteiger partial charge in [-0.1, -0.05) is 12.1 Å². The monoisotopic (exact) mass is 279 g/mol. The molecule has 0 saturated carbocycles. The van der Waals surface area contributed by atoms with Crippen molar-refractivity contribution in [2.45, 2.75) is 46.2 Å². The van der Waals surface area contributed by atoms with E-state index in [1.165, 1.54) is 5.56 Å². The number of hydrogen-bond donors (Lipinski definition) is 1. The Morgan fingerprint density at radius 2 is 2.05 bits per heavy atom. The van der Waals surface area contributed by atoms with Gasteiger partial charge in [0.1, 0.15) is 5.75 Å². The van der Waals surface area contributed by atoms with Crippen molar-refractivity contribution in [1.82, 2.24) is 5.32 Å². The molecule has 0 aliphatic rings. The summed E-state index contributed by atoms with van der Waals surface area (Å²) in [4.78, 5) is 11.5. The number of ether oxygens (including phenoxy) is 2. The smallest absolute Gasteiger partial charge is 0.307 e. The predicted molar refractivity (Wildman–Crippen MR) is 79.9 cm³/mol. The Labute approximate surface area is 121 Å². The summed E-state index contributed by atoms with van der Waals surface area (Å²) in [7, 11) is 1.67. The Kier molecular flexibility index (Phi) is 6.02. The number of aryl methyl sites for hydroxylation is 1. The van der Waals surface area contributed by atoms with Gasteiger partial charge in [-0.15, -0.1) is 0 Å². The number of nitrogens with one attached hydrogen (secondary N) is 1. The van der Waals surface area contributed by atoms with E-state index in [9.17, 15) is 4.79 Å². The van der Waals surface area contributed by atoms with E-state index in [-0.39, 0.29) is 11.5 Å². The van der Waals surface area contributed by atoms with Crippen LogP contribution in [0.1, 0.15) is 38.3 Å². The van der Waals surface area contributed by atoms with E-state index in [1.807, 2.05) is 39.8 Å². The quantitative estimate of drug-likeness (QED) is 0.780. The summed E-state index contributed by atoms with van der Waals surface area (Å²) in [6.07, 6.45) is 0.357. The zero-order valence-corrected chi connectivity index (χ0v) is 13.1. The molecule has 4 heteroatoms. The SMILES string of the molecule is CCOC(=O)CC(C)(C)NCc1ccc(OC)c(C)c1. The summed E-state index contributed by atoms with van der Waals surface area (Å²) >= 11 is 0. The van der Waals surface area contributed by atoms with Crippen molar-refractivity contribution in [3.63, 3.8) is 0 Å². The van der Waals surface area contributed by atoms with Gasteiger partial charge >= 0.3 is 5.97 Å². The molecule has 0 saturated heterocycles. The van der Waals surface area contributed by atoms with E-state index < -0.39 is 0 Å². The average molecular weight is 279 g/mol. The van der Waals surface area contributed by atoms with Crippen LogP contribution in [0.3, 0.4) is 0 Å². The molecule has 112 valence electrons. The fraction of sp³-hybridized carbons (Fsp3) is 0.562. The second-order valence-corrected chi connectivity index (χ2v) is 5.52. The molecule has 0 aliphatic carbocycles. The number of carbonyl (C=O) groups excluding carboxylic acids is 1. The van der Waals surface area contributed by atoms with E-state index >= 15 is 0 Å². The summed E-state index contributed by atoms with van der Waals surface area (Å²) in [5.41, 5.74) is 1.98. The highest BCUT2D eigenvalue weighted by Crippen LogP contribution is 2.19. The molecule has 4 nitrogen and oxygen atoms in total. The van der Waals surface area contributed by atoms with Crippen LogP contribution in [0, 0.1) is 6.92 Å². The Morgan fingerprint density at radius 3 is 2.60 bits per heavy atom. The highest BCUT2D eigenvalue weighted by molar-refractivity contribution is 5.70. The first kappa shape index (κ1) is 16.5. The Balaban J connectivity index is 2.57. The van der Waals surface area contributed by atoms with Gasteiger partial charge in [-0.25, -0.2) is 0 Å². The highest BCUT2D eigenvalue weighted by atomic mass is 16.5. The molecule has 0 fully saturated rings.